The molecule has 4 heteroatoms. The molecular formula is C18H27FN2O. The Bertz CT molecular complexity index is 492. The zero-order valence-corrected chi connectivity index (χ0v) is 13.7. The monoisotopic (exact) mass is 306 g/mol. The zero-order chi connectivity index (χ0) is 15.9. The molecule has 122 valence electrons. The molecule has 1 amide bonds. The van der Waals surface area contributed by atoms with Gasteiger partial charge < -0.3 is 9.80 Å². The smallest absolute Gasteiger partial charge is 0.222 e. The summed E-state index contributed by atoms with van der Waals surface area (Å²) in [7, 11) is 2.15. The minimum absolute atomic E-state index is 0.148. The fourth-order valence-electron chi connectivity index (χ4n) is 3.05. The molecule has 3 nitrogen and oxygen atoms in total. The summed E-state index contributed by atoms with van der Waals surface area (Å²) in [5.74, 6) is -0.0780. The van der Waals surface area contributed by atoms with Crippen molar-refractivity contribution >= 4 is 5.91 Å². The summed E-state index contributed by atoms with van der Waals surface area (Å²) in [6.07, 6.45) is 4.83. The molecule has 1 atom stereocenters. The number of hydrogen-bond acceptors (Lipinski definition) is 2. The van der Waals surface area contributed by atoms with Crippen LogP contribution < -0.4 is 0 Å². The van der Waals surface area contributed by atoms with Crippen LogP contribution in [0, 0.1) is 5.82 Å². The summed E-state index contributed by atoms with van der Waals surface area (Å²) in [5.41, 5.74) is 0.605. The first-order chi connectivity index (χ1) is 10.6. The van der Waals surface area contributed by atoms with Crippen molar-refractivity contribution in [2.45, 2.75) is 51.6 Å². The van der Waals surface area contributed by atoms with Crippen LogP contribution in [0.1, 0.15) is 44.6 Å². The summed E-state index contributed by atoms with van der Waals surface area (Å²) >= 11 is 0. The summed E-state index contributed by atoms with van der Waals surface area (Å²) in [5, 5.41) is 0. The lowest BCUT2D eigenvalue weighted by molar-refractivity contribution is -0.131. The van der Waals surface area contributed by atoms with Crippen LogP contribution in [-0.4, -0.2) is 41.9 Å². The lowest BCUT2D eigenvalue weighted by atomic mass is 10.1. The summed E-state index contributed by atoms with van der Waals surface area (Å²) in [4.78, 5) is 16.5. The number of hydrogen-bond donors (Lipinski definition) is 0. The topological polar surface area (TPSA) is 23.6 Å². The maximum atomic E-state index is 13.8. The third-order valence-corrected chi connectivity index (χ3v) is 4.58. The minimum Gasteiger partial charge on any atom is -0.338 e. The normalized spacial score (nSPS) is 19.5. The van der Waals surface area contributed by atoms with E-state index in [9.17, 15) is 9.18 Å². The predicted molar refractivity (Wildman–Crippen MR) is 87.0 cm³/mol. The van der Waals surface area contributed by atoms with E-state index in [1.807, 2.05) is 11.0 Å². The van der Waals surface area contributed by atoms with Gasteiger partial charge in [-0.2, -0.15) is 0 Å². The van der Waals surface area contributed by atoms with Gasteiger partial charge in [0.25, 0.3) is 0 Å². The quantitative estimate of drug-likeness (QED) is 0.804. The van der Waals surface area contributed by atoms with Gasteiger partial charge in [-0.25, -0.2) is 4.39 Å². The highest BCUT2D eigenvalue weighted by atomic mass is 19.1. The molecule has 1 fully saturated rings. The van der Waals surface area contributed by atoms with Crippen molar-refractivity contribution in [3.8, 4) is 0 Å². The van der Waals surface area contributed by atoms with Crippen molar-refractivity contribution in [3.05, 3.63) is 35.6 Å². The second kappa shape index (κ2) is 8.28. The first-order valence-corrected chi connectivity index (χ1v) is 8.33. The van der Waals surface area contributed by atoms with Crippen molar-refractivity contribution in [2.75, 3.05) is 20.1 Å². The van der Waals surface area contributed by atoms with Crippen LogP contribution in [0.2, 0.25) is 0 Å². The molecule has 0 saturated carbocycles. The molecule has 0 aliphatic carbocycles. The summed E-state index contributed by atoms with van der Waals surface area (Å²) in [6.45, 7) is 4.38. The average molecular weight is 306 g/mol. The summed E-state index contributed by atoms with van der Waals surface area (Å²) < 4.78 is 13.8. The van der Waals surface area contributed by atoms with Crippen LogP contribution in [0.3, 0.4) is 0 Å². The van der Waals surface area contributed by atoms with Crippen molar-refractivity contribution < 1.29 is 9.18 Å². The highest BCUT2D eigenvalue weighted by Gasteiger charge is 2.25. The fourth-order valence-corrected chi connectivity index (χ4v) is 3.05. The first-order valence-electron chi connectivity index (χ1n) is 8.33. The van der Waals surface area contributed by atoms with Crippen LogP contribution in [0.4, 0.5) is 4.39 Å². The van der Waals surface area contributed by atoms with E-state index in [0.29, 0.717) is 31.1 Å². The third kappa shape index (κ3) is 4.54. The molecule has 22 heavy (non-hydrogen) atoms. The molecule has 0 N–H and O–H groups in total. The Morgan fingerprint density at radius 1 is 1.32 bits per heavy atom. The van der Waals surface area contributed by atoms with Crippen molar-refractivity contribution in [3.63, 3.8) is 0 Å². The Labute approximate surface area is 133 Å². The molecule has 1 aliphatic heterocycles. The maximum absolute atomic E-state index is 13.8. The molecule has 1 heterocycles. The Balaban J connectivity index is 1.95. The second-order valence-corrected chi connectivity index (χ2v) is 6.22. The summed E-state index contributed by atoms with van der Waals surface area (Å²) in [6, 6.07) is 7.18. The van der Waals surface area contributed by atoms with Crippen molar-refractivity contribution in [1.82, 2.24) is 9.80 Å². The van der Waals surface area contributed by atoms with E-state index in [0.717, 1.165) is 19.4 Å². The first kappa shape index (κ1) is 16.9. The number of carbonyl (C=O) groups is 1. The number of rotatable bonds is 6. The lowest BCUT2D eigenvalue weighted by Crippen LogP contribution is -2.34. The van der Waals surface area contributed by atoms with Gasteiger partial charge in [0.1, 0.15) is 5.82 Å². The Kier molecular flexibility index (Phi) is 6.37. The molecule has 0 aromatic heterocycles. The van der Waals surface area contributed by atoms with Gasteiger partial charge in [-0.05, 0) is 38.9 Å². The predicted octanol–water partition coefficient (Wildman–Crippen LogP) is 3.44. The van der Waals surface area contributed by atoms with Crippen LogP contribution in [0.5, 0.6) is 0 Å². The minimum atomic E-state index is -0.226. The van der Waals surface area contributed by atoms with E-state index in [1.165, 1.54) is 18.9 Å². The Morgan fingerprint density at radius 3 is 2.82 bits per heavy atom. The average Bonchev–Trinajstić information content (AvgIpc) is 2.70. The molecule has 0 bridgehead atoms. The highest BCUT2D eigenvalue weighted by molar-refractivity contribution is 5.76. The zero-order valence-electron chi connectivity index (χ0n) is 13.7. The largest absolute Gasteiger partial charge is 0.338 e. The number of unbranched alkanes of at least 4 members (excludes halogenated alkanes) is 1. The van der Waals surface area contributed by atoms with Crippen LogP contribution in [0.15, 0.2) is 24.3 Å². The van der Waals surface area contributed by atoms with Gasteiger partial charge in [0.15, 0.2) is 0 Å². The molecule has 1 saturated heterocycles. The third-order valence-electron chi connectivity index (χ3n) is 4.58. The van der Waals surface area contributed by atoms with Gasteiger partial charge in [0, 0.05) is 31.1 Å². The number of nitrogens with zero attached hydrogens (tertiary/aromatic N) is 2. The number of carbonyl (C=O) groups excluding carboxylic acids is 1. The van der Waals surface area contributed by atoms with E-state index >= 15 is 0 Å². The van der Waals surface area contributed by atoms with Crippen LogP contribution >= 0.6 is 0 Å². The molecule has 1 aromatic rings. The van der Waals surface area contributed by atoms with Gasteiger partial charge in [-0.15, -0.1) is 0 Å². The highest BCUT2D eigenvalue weighted by Crippen LogP contribution is 2.20. The second-order valence-electron chi connectivity index (χ2n) is 6.22. The Morgan fingerprint density at radius 2 is 2.09 bits per heavy atom. The van der Waals surface area contributed by atoms with Crippen LogP contribution in [0.25, 0.3) is 0 Å². The molecule has 0 spiro atoms. The lowest BCUT2D eigenvalue weighted by Gasteiger charge is -2.27. The number of benzene rings is 1. The van der Waals surface area contributed by atoms with Gasteiger partial charge in [-0.3, -0.25) is 4.79 Å². The van der Waals surface area contributed by atoms with Crippen LogP contribution in [-0.2, 0) is 11.3 Å². The number of halogens is 1. The van der Waals surface area contributed by atoms with E-state index < -0.39 is 0 Å². The van der Waals surface area contributed by atoms with E-state index in [4.69, 9.17) is 0 Å². The van der Waals surface area contributed by atoms with E-state index in [1.54, 1.807) is 12.1 Å². The van der Waals surface area contributed by atoms with Crippen molar-refractivity contribution in [2.24, 2.45) is 0 Å². The van der Waals surface area contributed by atoms with E-state index in [2.05, 4.69) is 18.9 Å². The van der Waals surface area contributed by atoms with Gasteiger partial charge in [0.2, 0.25) is 5.91 Å². The molecule has 1 unspecified atom stereocenters. The van der Waals surface area contributed by atoms with Gasteiger partial charge >= 0.3 is 0 Å². The maximum Gasteiger partial charge on any atom is 0.222 e. The fraction of sp³-hybridized carbons (Fsp3) is 0.611. The molecule has 1 aliphatic rings. The number of likely N-dealkylation sites (tertiary alicyclic amines) is 1. The SMILES string of the molecule is CCCCN(C)C1CCC(=O)N(Cc2ccccc2F)CC1. The number of amides is 1. The van der Waals surface area contributed by atoms with Gasteiger partial charge in [0.05, 0.1) is 0 Å². The van der Waals surface area contributed by atoms with Gasteiger partial charge in [-0.1, -0.05) is 31.5 Å². The molecule has 2 rings (SSSR count). The Hall–Kier alpha value is -1.42. The molecular weight excluding hydrogens is 279 g/mol. The standard InChI is InChI=1S/C18H27FN2O/c1-3-4-12-20(2)16-9-10-18(22)21(13-11-16)14-15-7-5-6-8-17(15)19/h5-8,16H,3-4,9-14H2,1-2H3. The molecule has 1 aromatic carbocycles. The molecule has 0 radical (unpaired) electrons. The van der Waals surface area contributed by atoms with E-state index in [-0.39, 0.29) is 11.7 Å². The van der Waals surface area contributed by atoms with Crippen molar-refractivity contribution in [1.29, 1.82) is 0 Å².